The standard InChI is InChI=1S/C17H18O2S/c1-11-4-5-14(10-12(11)2)17(19)16(18)13-6-8-15(20-3)9-7-13/h4-10,17,19H,1-3H3. The zero-order valence-electron chi connectivity index (χ0n) is 11.9. The molecule has 20 heavy (non-hydrogen) atoms. The molecule has 0 saturated heterocycles. The van der Waals surface area contributed by atoms with E-state index < -0.39 is 6.10 Å². The lowest BCUT2D eigenvalue weighted by Gasteiger charge is -2.12. The van der Waals surface area contributed by atoms with Crippen molar-refractivity contribution in [3.05, 3.63) is 64.7 Å². The molecule has 3 heteroatoms. The van der Waals surface area contributed by atoms with E-state index in [2.05, 4.69) is 0 Å². The average Bonchev–Trinajstić information content (AvgIpc) is 2.48. The molecule has 0 amide bonds. The first-order valence-corrected chi connectivity index (χ1v) is 7.69. The van der Waals surface area contributed by atoms with Crippen molar-refractivity contribution < 1.29 is 9.90 Å². The van der Waals surface area contributed by atoms with Gasteiger partial charge in [-0.2, -0.15) is 0 Å². The third-order valence-corrected chi connectivity index (χ3v) is 4.21. The minimum Gasteiger partial charge on any atom is -0.380 e. The number of hydrogen-bond acceptors (Lipinski definition) is 3. The lowest BCUT2D eigenvalue weighted by Crippen LogP contribution is -2.12. The third kappa shape index (κ3) is 3.11. The number of rotatable bonds is 4. The highest BCUT2D eigenvalue weighted by molar-refractivity contribution is 7.98. The Kier molecular flexibility index (Phi) is 4.63. The van der Waals surface area contributed by atoms with E-state index in [-0.39, 0.29) is 5.78 Å². The van der Waals surface area contributed by atoms with Gasteiger partial charge in [0, 0.05) is 10.5 Å². The van der Waals surface area contributed by atoms with Gasteiger partial charge in [-0.15, -0.1) is 11.8 Å². The fourth-order valence-electron chi connectivity index (χ4n) is 2.00. The van der Waals surface area contributed by atoms with Crippen molar-refractivity contribution in [3.63, 3.8) is 0 Å². The molecule has 2 aromatic rings. The van der Waals surface area contributed by atoms with Crippen LogP contribution in [0, 0.1) is 13.8 Å². The van der Waals surface area contributed by atoms with Crippen LogP contribution in [0.25, 0.3) is 0 Å². The first kappa shape index (κ1) is 14.8. The van der Waals surface area contributed by atoms with E-state index in [9.17, 15) is 9.90 Å². The minimum atomic E-state index is -1.10. The van der Waals surface area contributed by atoms with Crippen molar-refractivity contribution in [2.24, 2.45) is 0 Å². The van der Waals surface area contributed by atoms with Crippen LogP contribution in [-0.4, -0.2) is 17.1 Å². The molecule has 1 unspecified atom stereocenters. The summed E-state index contributed by atoms with van der Waals surface area (Å²) in [7, 11) is 0. The lowest BCUT2D eigenvalue weighted by atomic mass is 9.97. The number of thioether (sulfide) groups is 1. The monoisotopic (exact) mass is 286 g/mol. The molecule has 0 fully saturated rings. The molecule has 104 valence electrons. The topological polar surface area (TPSA) is 37.3 Å². The fourth-order valence-corrected chi connectivity index (χ4v) is 2.41. The van der Waals surface area contributed by atoms with Crippen LogP contribution in [0.2, 0.25) is 0 Å². The number of aliphatic hydroxyl groups excluding tert-OH is 1. The maximum Gasteiger partial charge on any atom is 0.195 e. The Morgan fingerprint density at radius 1 is 1.05 bits per heavy atom. The predicted octanol–water partition coefficient (Wildman–Crippen LogP) is 3.94. The number of ketones is 1. The van der Waals surface area contributed by atoms with Gasteiger partial charge in [-0.1, -0.05) is 30.3 Å². The summed E-state index contributed by atoms with van der Waals surface area (Å²) in [6.45, 7) is 3.98. The first-order chi connectivity index (χ1) is 9.52. The van der Waals surface area contributed by atoms with Crippen LogP contribution in [0.4, 0.5) is 0 Å². The molecular weight excluding hydrogens is 268 g/mol. The number of Topliss-reactive ketones (excluding diaryl/α,β-unsaturated/α-hetero) is 1. The van der Waals surface area contributed by atoms with Gasteiger partial charge < -0.3 is 5.11 Å². The fraction of sp³-hybridized carbons (Fsp3) is 0.235. The molecule has 1 N–H and O–H groups in total. The average molecular weight is 286 g/mol. The molecule has 0 saturated carbocycles. The number of carbonyl (C=O) groups excluding carboxylic acids is 1. The van der Waals surface area contributed by atoms with Crippen molar-refractivity contribution in [3.8, 4) is 0 Å². The van der Waals surface area contributed by atoms with Crippen molar-refractivity contribution in [2.75, 3.05) is 6.26 Å². The minimum absolute atomic E-state index is 0.263. The number of hydrogen-bond donors (Lipinski definition) is 1. The van der Waals surface area contributed by atoms with E-state index in [4.69, 9.17) is 0 Å². The predicted molar refractivity (Wildman–Crippen MR) is 83.4 cm³/mol. The van der Waals surface area contributed by atoms with E-state index in [1.54, 1.807) is 30.0 Å². The van der Waals surface area contributed by atoms with Gasteiger partial charge in [0.05, 0.1) is 0 Å². The van der Waals surface area contributed by atoms with Crippen molar-refractivity contribution in [2.45, 2.75) is 24.8 Å². The summed E-state index contributed by atoms with van der Waals surface area (Å²) < 4.78 is 0. The molecule has 0 spiro atoms. The largest absolute Gasteiger partial charge is 0.380 e. The molecule has 0 aliphatic rings. The van der Waals surface area contributed by atoms with Crippen molar-refractivity contribution in [1.82, 2.24) is 0 Å². The Labute approximate surface area is 123 Å². The zero-order valence-corrected chi connectivity index (χ0v) is 12.7. The lowest BCUT2D eigenvalue weighted by molar-refractivity contribution is 0.0747. The quantitative estimate of drug-likeness (QED) is 0.683. The van der Waals surface area contributed by atoms with Crippen molar-refractivity contribution >= 4 is 17.5 Å². The number of aryl methyl sites for hydroxylation is 2. The van der Waals surface area contributed by atoms with Gasteiger partial charge in [-0.3, -0.25) is 4.79 Å². The van der Waals surface area contributed by atoms with Crippen LogP contribution in [0.5, 0.6) is 0 Å². The van der Waals surface area contributed by atoms with Gasteiger partial charge in [-0.05, 0) is 48.9 Å². The van der Waals surface area contributed by atoms with Crippen LogP contribution >= 0.6 is 11.8 Å². The summed E-state index contributed by atoms with van der Waals surface area (Å²) >= 11 is 1.62. The van der Waals surface area contributed by atoms with Gasteiger partial charge >= 0.3 is 0 Å². The van der Waals surface area contributed by atoms with Crippen LogP contribution in [0.1, 0.15) is 33.2 Å². The Hall–Kier alpha value is -1.58. The molecule has 2 nitrogen and oxygen atoms in total. The van der Waals surface area contributed by atoms with Gasteiger partial charge in [0.1, 0.15) is 6.10 Å². The number of carbonyl (C=O) groups is 1. The number of aliphatic hydroxyl groups is 1. The summed E-state index contributed by atoms with van der Waals surface area (Å²) in [4.78, 5) is 13.4. The Bertz CT molecular complexity index is 617. The summed E-state index contributed by atoms with van der Waals surface area (Å²) in [5.41, 5.74) is 3.41. The molecular formula is C17H18O2S. The van der Waals surface area contributed by atoms with Crippen LogP contribution in [-0.2, 0) is 0 Å². The summed E-state index contributed by atoms with van der Waals surface area (Å²) in [5.74, 6) is -0.263. The molecule has 0 heterocycles. The second kappa shape index (κ2) is 6.25. The normalized spacial score (nSPS) is 12.2. The van der Waals surface area contributed by atoms with E-state index in [0.29, 0.717) is 11.1 Å². The van der Waals surface area contributed by atoms with E-state index in [1.807, 2.05) is 44.4 Å². The van der Waals surface area contributed by atoms with E-state index in [1.165, 1.54) is 0 Å². The SMILES string of the molecule is CSc1ccc(C(=O)C(O)c2ccc(C)c(C)c2)cc1. The molecule has 2 rings (SSSR count). The maximum atomic E-state index is 12.3. The van der Waals surface area contributed by atoms with Gasteiger partial charge in [0.15, 0.2) is 5.78 Å². The third-order valence-electron chi connectivity index (χ3n) is 3.47. The van der Waals surface area contributed by atoms with Gasteiger partial charge in [-0.25, -0.2) is 0 Å². The summed E-state index contributed by atoms with van der Waals surface area (Å²) in [5, 5.41) is 10.2. The second-order valence-corrected chi connectivity index (χ2v) is 5.72. The van der Waals surface area contributed by atoms with Crippen LogP contribution in [0.15, 0.2) is 47.4 Å². The van der Waals surface area contributed by atoms with Crippen molar-refractivity contribution in [1.29, 1.82) is 0 Å². The Balaban J connectivity index is 2.24. The van der Waals surface area contributed by atoms with E-state index in [0.717, 1.165) is 16.0 Å². The molecule has 0 radical (unpaired) electrons. The van der Waals surface area contributed by atoms with Gasteiger partial charge in [0.2, 0.25) is 0 Å². The highest BCUT2D eigenvalue weighted by Gasteiger charge is 2.19. The smallest absolute Gasteiger partial charge is 0.195 e. The summed E-state index contributed by atoms with van der Waals surface area (Å²) in [6.07, 6.45) is 0.884. The molecule has 0 aromatic heterocycles. The number of benzene rings is 2. The Morgan fingerprint density at radius 3 is 2.25 bits per heavy atom. The van der Waals surface area contributed by atoms with E-state index >= 15 is 0 Å². The molecule has 1 atom stereocenters. The van der Waals surface area contributed by atoms with Crippen LogP contribution in [0.3, 0.4) is 0 Å². The molecule has 0 aliphatic carbocycles. The zero-order chi connectivity index (χ0) is 14.7. The van der Waals surface area contributed by atoms with Gasteiger partial charge in [0.25, 0.3) is 0 Å². The summed E-state index contributed by atoms with van der Waals surface area (Å²) in [6, 6.07) is 12.9. The Morgan fingerprint density at radius 2 is 1.70 bits per heavy atom. The first-order valence-electron chi connectivity index (χ1n) is 6.46. The van der Waals surface area contributed by atoms with Crippen LogP contribution < -0.4 is 0 Å². The maximum absolute atomic E-state index is 12.3. The highest BCUT2D eigenvalue weighted by atomic mass is 32.2. The second-order valence-electron chi connectivity index (χ2n) is 4.84. The molecule has 0 bridgehead atoms. The molecule has 0 aliphatic heterocycles. The molecule has 2 aromatic carbocycles. The highest BCUT2D eigenvalue weighted by Crippen LogP contribution is 2.22.